The molecule has 4 heterocycles. The highest BCUT2D eigenvalue weighted by molar-refractivity contribution is 7.08. The molecule has 1 aromatic carbocycles. The van der Waals surface area contributed by atoms with E-state index in [1.54, 1.807) is 23.9 Å². The molecule has 3 N–H and O–H groups in total. The van der Waals surface area contributed by atoms with Crippen LogP contribution in [0.25, 0.3) is 16.9 Å². The minimum atomic E-state index is -0.118. The van der Waals surface area contributed by atoms with Gasteiger partial charge in [-0.15, -0.1) is 0 Å². The Hall–Kier alpha value is -4.31. The molecule has 4 aromatic heterocycles. The van der Waals surface area contributed by atoms with Crippen LogP contribution in [0.15, 0.2) is 71.8 Å². The lowest BCUT2D eigenvalue weighted by Gasteiger charge is -2.11. The Kier molecular flexibility index (Phi) is 5.18. The smallest absolute Gasteiger partial charge is 0.232 e. The highest BCUT2D eigenvalue weighted by Gasteiger charge is 2.15. The van der Waals surface area contributed by atoms with Crippen molar-refractivity contribution in [1.82, 2.24) is 24.5 Å². The summed E-state index contributed by atoms with van der Waals surface area (Å²) in [4.78, 5) is 29.4. The van der Waals surface area contributed by atoms with Gasteiger partial charge in [-0.3, -0.25) is 9.36 Å². The van der Waals surface area contributed by atoms with Gasteiger partial charge in [-0.05, 0) is 47.8 Å². The minimum absolute atomic E-state index is 0.118. The molecule has 32 heavy (non-hydrogen) atoms. The fourth-order valence-electron chi connectivity index (χ4n) is 3.15. The van der Waals surface area contributed by atoms with E-state index in [1.165, 1.54) is 6.92 Å². The van der Waals surface area contributed by atoms with Gasteiger partial charge in [-0.25, -0.2) is 9.97 Å². The monoisotopic (exact) mass is 442 g/mol. The number of thiophene rings is 1. The molecule has 0 aliphatic carbocycles. The number of fused-ring (bicyclic) bond motifs is 1. The maximum atomic E-state index is 11.3. The zero-order valence-corrected chi connectivity index (χ0v) is 17.8. The highest BCUT2D eigenvalue weighted by atomic mass is 32.1. The van der Waals surface area contributed by atoms with E-state index in [-0.39, 0.29) is 5.91 Å². The first-order valence-corrected chi connectivity index (χ1v) is 10.7. The number of rotatable bonds is 6. The van der Waals surface area contributed by atoms with Crippen LogP contribution in [0.5, 0.6) is 0 Å². The molecule has 158 valence electrons. The molecule has 0 radical (unpaired) electrons. The second-order valence-electron chi connectivity index (χ2n) is 6.89. The first kappa shape index (κ1) is 19.6. The molecule has 1 amide bonds. The molecule has 5 rings (SSSR count). The Bertz CT molecular complexity index is 1360. The van der Waals surface area contributed by atoms with Gasteiger partial charge < -0.3 is 16.0 Å². The number of imidazole rings is 1. The van der Waals surface area contributed by atoms with Gasteiger partial charge in [0.15, 0.2) is 17.0 Å². The van der Waals surface area contributed by atoms with Gasteiger partial charge in [0.25, 0.3) is 0 Å². The molecule has 0 unspecified atom stereocenters. The number of anilines is 5. The van der Waals surface area contributed by atoms with Crippen molar-refractivity contribution in [3.8, 4) is 5.69 Å². The molecule has 5 aromatic rings. The molecule has 0 aliphatic rings. The molecule has 10 heteroatoms. The van der Waals surface area contributed by atoms with E-state index in [2.05, 4.69) is 30.9 Å². The Labute approximate surface area is 187 Å². The first-order valence-electron chi connectivity index (χ1n) is 9.76. The number of nitrogens with zero attached hydrogens (tertiary/aromatic N) is 5. The van der Waals surface area contributed by atoms with Crippen LogP contribution in [0.1, 0.15) is 6.92 Å². The van der Waals surface area contributed by atoms with E-state index in [1.807, 2.05) is 63.9 Å². The maximum absolute atomic E-state index is 11.3. The van der Waals surface area contributed by atoms with Gasteiger partial charge in [0, 0.05) is 29.9 Å². The van der Waals surface area contributed by atoms with Crippen LogP contribution in [0, 0.1) is 0 Å². The van der Waals surface area contributed by atoms with E-state index in [4.69, 9.17) is 4.98 Å². The lowest BCUT2D eigenvalue weighted by Crippen LogP contribution is -2.06. The molecule has 0 atom stereocenters. The van der Waals surface area contributed by atoms with Crippen molar-refractivity contribution < 1.29 is 4.79 Å². The Morgan fingerprint density at radius 3 is 2.53 bits per heavy atom. The van der Waals surface area contributed by atoms with Crippen LogP contribution in [0.4, 0.5) is 29.0 Å². The number of carbonyl (C=O) groups excluding carboxylic acids is 1. The Morgan fingerprint density at radius 1 is 0.969 bits per heavy atom. The molecular weight excluding hydrogens is 424 g/mol. The summed E-state index contributed by atoms with van der Waals surface area (Å²) in [6.07, 6.45) is 3.43. The topological polar surface area (TPSA) is 110 Å². The number of amides is 1. The summed E-state index contributed by atoms with van der Waals surface area (Å²) in [6.45, 7) is 1.48. The molecule has 0 fully saturated rings. The zero-order chi connectivity index (χ0) is 21.9. The van der Waals surface area contributed by atoms with E-state index < -0.39 is 0 Å². The summed E-state index contributed by atoms with van der Waals surface area (Å²) in [7, 11) is 0. The van der Waals surface area contributed by atoms with Crippen LogP contribution in [-0.4, -0.2) is 30.4 Å². The quantitative estimate of drug-likeness (QED) is 0.349. The van der Waals surface area contributed by atoms with E-state index >= 15 is 0 Å². The minimum Gasteiger partial charge on any atom is -0.338 e. The SMILES string of the molecule is CC(=O)Nc1ccc(Nc2nc(Nc3ccccn3)nc3c2ncn3-c2ccsc2)cc1. The van der Waals surface area contributed by atoms with Gasteiger partial charge in [0.1, 0.15) is 12.1 Å². The summed E-state index contributed by atoms with van der Waals surface area (Å²) < 4.78 is 1.92. The van der Waals surface area contributed by atoms with Crippen molar-refractivity contribution in [2.45, 2.75) is 6.92 Å². The largest absolute Gasteiger partial charge is 0.338 e. The summed E-state index contributed by atoms with van der Waals surface area (Å²) in [6, 6.07) is 14.9. The van der Waals surface area contributed by atoms with Crippen molar-refractivity contribution in [2.75, 3.05) is 16.0 Å². The summed E-state index contributed by atoms with van der Waals surface area (Å²) in [5, 5.41) is 13.3. The average Bonchev–Trinajstić information content (AvgIpc) is 3.45. The van der Waals surface area contributed by atoms with Crippen molar-refractivity contribution >= 4 is 57.4 Å². The Balaban J connectivity index is 1.55. The predicted molar refractivity (Wildman–Crippen MR) is 126 cm³/mol. The van der Waals surface area contributed by atoms with Gasteiger partial charge in [-0.2, -0.15) is 21.3 Å². The van der Waals surface area contributed by atoms with E-state index in [0.717, 1.165) is 17.1 Å². The maximum Gasteiger partial charge on any atom is 0.232 e. The van der Waals surface area contributed by atoms with Crippen molar-refractivity contribution in [3.63, 3.8) is 0 Å². The predicted octanol–water partition coefficient (Wildman–Crippen LogP) is 4.72. The average molecular weight is 443 g/mol. The zero-order valence-electron chi connectivity index (χ0n) is 17.0. The Morgan fingerprint density at radius 2 is 1.81 bits per heavy atom. The molecule has 0 bridgehead atoms. The lowest BCUT2D eigenvalue weighted by molar-refractivity contribution is -0.114. The molecule has 9 nitrogen and oxygen atoms in total. The van der Waals surface area contributed by atoms with Gasteiger partial charge in [0.05, 0.1) is 5.69 Å². The fourth-order valence-corrected chi connectivity index (χ4v) is 3.78. The summed E-state index contributed by atoms with van der Waals surface area (Å²) >= 11 is 1.60. The normalized spacial score (nSPS) is 10.8. The third kappa shape index (κ3) is 4.12. The second-order valence-corrected chi connectivity index (χ2v) is 7.67. The number of aromatic nitrogens is 5. The van der Waals surface area contributed by atoms with Crippen LogP contribution >= 0.6 is 11.3 Å². The van der Waals surface area contributed by atoms with Crippen LogP contribution in [0.3, 0.4) is 0 Å². The number of benzene rings is 1. The molecular formula is C22H18N8OS. The molecule has 0 aliphatic heterocycles. The first-order chi connectivity index (χ1) is 15.7. The van der Waals surface area contributed by atoms with Gasteiger partial charge in [-0.1, -0.05) is 6.07 Å². The van der Waals surface area contributed by atoms with Crippen LogP contribution < -0.4 is 16.0 Å². The lowest BCUT2D eigenvalue weighted by atomic mass is 10.2. The van der Waals surface area contributed by atoms with Crippen molar-refractivity contribution in [3.05, 3.63) is 71.8 Å². The van der Waals surface area contributed by atoms with E-state index in [0.29, 0.717) is 28.7 Å². The summed E-state index contributed by atoms with van der Waals surface area (Å²) in [5.74, 6) is 1.46. The van der Waals surface area contributed by atoms with E-state index in [9.17, 15) is 4.79 Å². The number of pyridine rings is 1. The molecule has 0 saturated heterocycles. The van der Waals surface area contributed by atoms with Crippen LogP contribution in [-0.2, 0) is 4.79 Å². The number of nitrogens with one attached hydrogen (secondary N) is 3. The van der Waals surface area contributed by atoms with Crippen LogP contribution in [0.2, 0.25) is 0 Å². The number of hydrogen-bond donors (Lipinski definition) is 3. The van der Waals surface area contributed by atoms with Crippen molar-refractivity contribution in [2.24, 2.45) is 0 Å². The molecule has 0 spiro atoms. The second kappa shape index (κ2) is 8.44. The van der Waals surface area contributed by atoms with Gasteiger partial charge in [0.2, 0.25) is 11.9 Å². The molecule has 0 saturated carbocycles. The third-order valence-corrected chi connectivity index (χ3v) is 5.22. The fraction of sp³-hybridized carbons (Fsp3) is 0.0455. The van der Waals surface area contributed by atoms with Gasteiger partial charge >= 0.3 is 0 Å². The third-order valence-electron chi connectivity index (χ3n) is 4.55. The summed E-state index contributed by atoms with van der Waals surface area (Å²) in [5.41, 5.74) is 3.79. The van der Waals surface area contributed by atoms with Crippen molar-refractivity contribution in [1.29, 1.82) is 0 Å². The number of carbonyl (C=O) groups is 1. The highest BCUT2D eigenvalue weighted by Crippen LogP contribution is 2.28. The standard InChI is InChI=1S/C22H18N8OS/c1-14(31)25-15-5-7-16(8-6-15)26-20-19-21(30(13-24-19)17-9-11-32-12-17)29-22(28-20)27-18-4-2-3-10-23-18/h2-13H,1H3,(H,25,31)(H2,23,26,27,28,29). The number of hydrogen-bond acceptors (Lipinski definition) is 8.